The fraction of sp³-hybridized carbons (Fsp3) is 0.471. The van der Waals surface area contributed by atoms with E-state index in [1.165, 1.54) is 0 Å². The molecule has 120 valence electrons. The molecule has 22 heavy (non-hydrogen) atoms. The zero-order valence-electron chi connectivity index (χ0n) is 13.0. The number of carboxylic acids is 1. The van der Waals surface area contributed by atoms with Gasteiger partial charge in [-0.2, -0.15) is 0 Å². The molecule has 2 rings (SSSR count). The Kier molecular flexibility index (Phi) is 5.44. The van der Waals surface area contributed by atoms with Gasteiger partial charge < -0.3 is 20.8 Å². The molecule has 0 atom stereocenters. The van der Waals surface area contributed by atoms with Crippen LogP contribution in [0.2, 0.25) is 0 Å². The van der Waals surface area contributed by atoms with Gasteiger partial charge in [0.05, 0.1) is 11.3 Å². The van der Waals surface area contributed by atoms with Gasteiger partial charge in [0.1, 0.15) is 5.76 Å². The largest absolute Gasteiger partial charge is 0.508 e. The maximum Gasteiger partial charge on any atom is 0.338 e. The molecule has 1 aromatic carbocycles. The van der Waals surface area contributed by atoms with Crippen molar-refractivity contribution in [3.63, 3.8) is 0 Å². The first kappa shape index (κ1) is 16.4. The van der Waals surface area contributed by atoms with Gasteiger partial charge in [0.2, 0.25) is 0 Å². The van der Waals surface area contributed by atoms with E-state index in [1.54, 1.807) is 24.3 Å². The lowest BCUT2D eigenvalue weighted by Crippen LogP contribution is -2.40. The predicted octanol–water partition coefficient (Wildman–Crippen LogP) is 3.01. The van der Waals surface area contributed by atoms with E-state index in [1.807, 2.05) is 11.8 Å². The molecule has 0 aromatic heterocycles. The molecule has 1 aliphatic rings. The van der Waals surface area contributed by atoms with Crippen LogP contribution in [-0.4, -0.2) is 35.3 Å². The lowest BCUT2D eigenvalue weighted by Gasteiger charge is -2.33. The van der Waals surface area contributed by atoms with Crippen LogP contribution in [0.5, 0.6) is 0 Å². The Morgan fingerprint density at radius 1 is 1.36 bits per heavy atom. The monoisotopic (exact) mass is 304 g/mol. The second-order valence-electron chi connectivity index (χ2n) is 5.71. The third-order valence-electron chi connectivity index (χ3n) is 4.04. The summed E-state index contributed by atoms with van der Waals surface area (Å²) in [5, 5.41) is 19.8. The summed E-state index contributed by atoms with van der Waals surface area (Å²) in [4.78, 5) is 13.8. The summed E-state index contributed by atoms with van der Waals surface area (Å²) < 4.78 is 0. The van der Waals surface area contributed by atoms with Gasteiger partial charge in [-0.05, 0) is 31.4 Å². The first-order valence-electron chi connectivity index (χ1n) is 7.81. The highest BCUT2D eigenvalue weighted by Gasteiger charge is 2.24. The number of nitrogens with two attached hydrogens (primary N) is 1. The number of rotatable bonds is 5. The maximum atomic E-state index is 11.7. The summed E-state index contributed by atoms with van der Waals surface area (Å²) in [6, 6.07) is 5.44. The lowest BCUT2D eigenvalue weighted by molar-refractivity contribution is 0.0696. The molecule has 0 aliphatic carbocycles. The maximum absolute atomic E-state index is 11.7. The number of hydrogen-bond acceptors (Lipinski definition) is 4. The van der Waals surface area contributed by atoms with Crippen LogP contribution in [0.1, 0.15) is 48.5 Å². The number of allylic oxidation sites excluding steroid dienone is 1. The molecule has 1 fully saturated rings. The third-order valence-corrected chi connectivity index (χ3v) is 4.04. The zero-order chi connectivity index (χ0) is 16.1. The van der Waals surface area contributed by atoms with E-state index in [0.717, 1.165) is 32.4 Å². The molecule has 1 aliphatic heterocycles. The minimum Gasteiger partial charge on any atom is -0.508 e. The Hall–Kier alpha value is -2.01. The molecule has 0 amide bonds. The molecule has 1 aromatic rings. The molecule has 1 saturated heterocycles. The summed E-state index contributed by atoms with van der Waals surface area (Å²) in [5.41, 5.74) is 7.13. The highest BCUT2D eigenvalue weighted by atomic mass is 16.4. The Bertz CT molecular complexity index is 561. The first-order valence-corrected chi connectivity index (χ1v) is 7.81. The van der Waals surface area contributed by atoms with E-state index < -0.39 is 5.97 Å². The van der Waals surface area contributed by atoms with Gasteiger partial charge >= 0.3 is 5.97 Å². The van der Waals surface area contributed by atoms with E-state index in [4.69, 9.17) is 5.73 Å². The molecule has 0 saturated carbocycles. The number of aliphatic hydroxyl groups is 1. The van der Waals surface area contributed by atoms with Crippen molar-refractivity contribution < 1.29 is 15.0 Å². The van der Waals surface area contributed by atoms with Crippen LogP contribution in [0.3, 0.4) is 0 Å². The van der Waals surface area contributed by atoms with E-state index >= 15 is 0 Å². The fourth-order valence-corrected chi connectivity index (χ4v) is 2.77. The normalized spacial score (nSPS) is 16.8. The second kappa shape index (κ2) is 7.31. The van der Waals surface area contributed by atoms with Gasteiger partial charge in [0.15, 0.2) is 0 Å². The van der Waals surface area contributed by atoms with Crippen LogP contribution in [0.15, 0.2) is 24.3 Å². The van der Waals surface area contributed by atoms with Crippen molar-refractivity contribution in [3.8, 4) is 0 Å². The Morgan fingerprint density at radius 2 is 2.05 bits per heavy atom. The second-order valence-corrected chi connectivity index (χ2v) is 5.71. The summed E-state index contributed by atoms with van der Waals surface area (Å²) in [6.45, 7) is 3.49. The Labute approximate surface area is 131 Å². The molecular weight excluding hydrogens is 280 g/mol. The minimum atomic E-state index is -1.02. The van der Waals surface area contributed by atoms with E-state index in [-0.39, 0.29) is 17.4 Å². The van der Waals surface area contributed by atoms with Crippen LogP contribution in [0, 0.1) is 0 Å². The number of anilines is 1. The SMILES string of the molecule is CCC/C=C(/O)c1cccc(N2CCC(N)CC2)c1C(=O)O. The molecule has 4 N–H and O–H groups in total. The van der Waals surface area contributed by atoms with Gasteiger partial charge in [-0.1, -0.05) is 25.5 Å². The smallest absolute Gasteiger partial charge is 0.338 e. The highest BCUT2D eigenvalue weighted by Crippen LogP contribution is 2.30. The molecule has 0 bridgehead atoms. The Morgan fingerprint density at radius 3 is 2.64 bits per heavy atom. The predicted molar refractivity (Wildman–Crippen MR) is 88.3 cm³/mol. The van der Waals surface area contributed by atoms with E-state index in [0.29, 0.717) is 17.7 Å². The summed E-state index contributed by atoms with van der Waals surface area (Å²) in [5.74, 6) is -0.980. The van der Waals surface area contributed by atoms with E-state index in [2.05, 4.69) is 0 Å². The molecule has 5 nitrogen and oxygen atoms in total. The van der Waals surface area contributed by atoms with Gasteiger partial charge in [-0.15, -0.1) is 0 Å². The third kappa shape index (κ3) is 3.60. The average Bonchev–Trinajstić information content (AvgIpc) is 2.52. The molecule has 1 heterocycles. The number of aliphatic hydroxyl groups excluding tert-OH is 1. The van der Waals surface area contributed by atoms with E-state index in [9.17, 15) is 15.0 Å². The van der Waals surface area contributed by atoms with Gasteiger partial charge in [-0.3, -0.25) is 0 Å². The number of nitrogens with zero attached hydrogens (tertiary/aromatic N) is 1. The summed E-state index contributed by atoms with van der Waals surface area (Å²) >= 11 is 0. The van der Waals surface area contributed by atoms with Gasteiger partial charge in [-0.25, -0.2) is 4.79 Å². The van der Waals surface area contributed by atoms with Gasteiger partial charge in [0, 0.05) is 24.7 Å². The fourth-order valence-electron chi connectivity index (χ4n) is 2.77. The minimum absolute atomic E-state index is 0.0369. The van der Waals surface area contributed by atoms with Crippen molar-refractivity contribution in [1.82, 2.24) is 0 Å². The highest BCUT2D eigenvalue weighted by molar-refractivity contribution is 5.99. The molecule has 0 unspecified atom stereocenters. The Balaban J connectivity index is 2.40. The van der Waals surface area contributed by atoms with Crippen molar-refractivity contribution >= 4 is 17.4 Å². The molecular formula is C17H24N2O3. The molecule has 0 radical (unpaired) electrons. The lowest BCUT2D eigenvalue weighted by atomic mass is 9.99. The van der Waals surface area contributed by atoms with Crippen molar-refractivity contribution in [2.45, 2.75) is 38.6 Å². The topological polar surface area (TPSA) is 86.8 Å². The number of piperidine rings is 1. The van der Waals surface area contributed by atoms with Crippen LogP contribution in [0.25, 0.3) is 5.76 Å². The van der Waals surface area contributed by atoms with Crippen LogP contribution >= 0.6 is 0 Å². The number of benzene rings is 1. The number of unbranched alkanes of at least 4 members (excludes halogenated alkanes) is 1. The van der Waals surface area contributed by atoms with Crippen molar-refractivity contribution in [2.24, 2.45) is 5.73 Å². The molecule has 0 spiro atoms. The first-order chi connectivity index (χ1) is 10.5. The number of carboxylic acid groups (broad SMARTS) is 1. The molecule has 5 heteroatoms. The standard InChI is InChI=1S/C17H24N2O3/c1-2-3-7-15(20)13-5-4-6-14(16(13)17(21)22)19-10-8-12(18)9-11-19/h4-7,12,20H,2-3,8-11,18H2,1H3,(H,21,22)/b15-7+. The van der Waals surface area contributed by atoms with Crippen LogP contribution in [-0.2, 0) is 0 Å². The zero-order valence-corrected chi connectivity index (χ0v) is 13.0. The summed E-state index contributed by atoms with van der Waals surface area (Å²) in [7, 11) is 0. The van der Waals surface area contributed by atoms with Crippen molar-refractivity contribution in [2.75, 3.05) is 18.0 Å². The van der Waals surface area contributed by atoms with Crippen LogP contribution < -0.4 is 10.6 Å². The summed E-state index contributed by atoms with van der Waals surface area (Å²) in [6.07, 6.45) is 4.99. The van der Waals surface area contributed by atoms with Crippen molar-refractivity contribution in [3.05, 3.63) is 35.4 Å². The van der Waals surface area contributed by atoms with Crippen molar-refractivity contribution in [1.29, 1.82) is 0 Å². The number of carbonyl (C=O) groups is 1. The average molecular weight is 304 g/mol. The van der Waals surface area contributed by atoms with Gasteiger partial charge in [0.25, 0.3) is 0 Å². The van der Waals surface area contributed by atoms with Crippen LogP contribution in [0.4, 0.5) is 5.69 Å². The number of hydrogen-bond donors (Lipinski definition) is 3. The quantitative estimate of drug-likeness (QED) is 0.728. The number of aromatic carboxylic acids is 1.